The maximum Gasteiger partial charge on any atom is 0.316 e. The molecule has 1 aliphatic rings. The van der Waals surface area contributed by atoms with E-state index in [0.717, 1.165) is 35.1 Å². The Balaban J connectivity index is 1.84. The molecule has 0 heterocycles. The molecule has 110 valence electrons. The van der Waals surface area contributed by atoms with Crippen LogP contribution in [-0.2, 0) is 14.9 Å². The predicted octanol–water partition coefficient (Wildman–Crippen LogP) is 3.93. The minimum Gasteiger partial charge on any atom is -0.465 e. The lowest BCUT2D eigenvalue weighted by atomic mass is 9.93. The highest BCUT2D eigenvalue weighted by molar-refractivity contribution is 5.86. The quantitative estimate of drug-likeness (QED) is 0.630. The van der Waals surface area contributed by atoms with Crippen LogP contribution in [0.3, 0.4) is 0 Å². The van der Waals surface area contributed by atoms with E-state index in [9.17, 15) is 4.79 Å². The number of benzene rings is 2. The SMILES string of the molecule is C#Cc1ccc(-c2ccc(C3(C(=O)OCC)CC3)cc2)cc1. The van der Waals surface area contributed by atoms with E-state index in [1.165, 1.54) is 0 Å². The first-order valence-corrected chi connectivity index (χ1v) is 7.54. The largest absolute Gasteiger partial charge is 0.465 e. The average Bonchev–Trinajstić information content (AvgIpc) is 3.37. The van der Waals surface area contributed by atoms with Crippen molar-refractivity contribution in [2.45, 2.75) is 25.2 Å². The van der Waals surface area contributed by atoms with E-state index in [-0.39, 0.29) is 5.97 Å². The zero-order valence-corrected chi connectivity index (χ0v) is 12.6. The number of esters is 1. The monoisotopic (exact) mass is 290 g/mol. The van der Waals surface area contributed by atoms with Crippen molar-refractivity contribution in [3.63, 3.8) is 0 Å². The molecule has 0 aliphatic heterocycles. The van der Waals surface area contributed by atoms with E-state index in [1.54, 1.807) is 0 Å². The molecule has 0 radical (unpaired) electrons. The molecule has 2 aromatic rings. The second-order valence-corrected chi connectivity index (χ2v) is 5.60. The minimum atomic E-state index is -0.401. The number of ether oxygens (including phenoxy) is 1. The number of hydrogen-bond acceptors (Lipinski definition) is 2. The molecule has 3 rings (SSSR count). The van der Waals surface area contributed by atoms with Gasteiger partial charge in [0.15, 0.2) is 0 Å². The summed E-state index contributed by atoms with van der Waals surface area (Å²) >= 11 is 0. The Hall–Kier alpha value is -2.53. The lowest BCUT2D eigenvalue weighted by molar-refractivity contribution is -0.146. The van der Waals surface area contributed by atoms with Gasteiger partial charge in [-0.2, -0.15) is 0 Å². The molecule has 1 fully saturated rings. The molecule has 0 spiro atoms. The summed E-state index contributed by atoms with van der Waals surface area (Å²) in [5.74, 6) is 2.52. The van der Waals surface area contributed by atoms with Crippen LogP contribution in [0.15, 0.2) is 48.5 Å². The first-order valence-electron chi connectivity index (χ1n) is 7.54. The zero-order chi connectivity index (χ0) is 15.6. The molecule has 1 aliphatic carbocycles. The van der Waals surface area contributed by atoms with Crippen LogP contribution in [0.2, 0.25) is 0 Å². The molecule has 0 atom stereocenters. The van der Waals surface area contributed by atoms with Crippen molar-refractivity contribution in [3.05, 3.63) is 59.7 Å². The van der Waals surface area contributed by atoms with Gasteiger partial charge in [0, 0.05) is 5.56 Å². The predicted molar refractivity (Wildman–Crippen MR) is 87.4 cm³/mol. The van der Waals surface area contributed by atoms with Crippen LogP contribution in [0.4, 0.5) is 0 Å². The number of carbonyl (C=O) groups excluding carboxylic acids is 1. The van der Waals surface area contributed by atoms with E-state index in [1.807, 2.05) is 43.3 Å². The van der Waals surface area contributed by atoms with Crippen molar-refractivity contribution in [2.24, 2.45) is 0 Å². The van der Waals surface area contributed by atoms with Gasteiger partial charge in [-0.1, -0.05) is 42.3 Å². The summed E-state index contributed by atoms with van der Waals surface area (Å²) < 4.78 is 5.21. The van der Waals surface area contributed by atoms with Gasteiger partial charge in [-0.25, -0.2) is 0 Å². The molecule has 2 heteroatoms. The van der Waals surface area contributed by atoms with Gasteiger partial charge in [-0.3, -0.25) is 4.79 Å². The molecule has 0 aromatic heterocycles. The van der Waals surface area contributed by atoms with E-state index >= 15 is 0 Å². The molecule has 0 amide bonds. The molecule has 2 aromatic carbocycles. The molecule has 1 saturated carbocycles. The van der Waals surface area contributed by atoms with Crippen molar-refractivity contribution in [1.29, 1.82) is 0 Å². The number of hydrogen-bond donors (Lipinski definition) is 0. The molecular formula is C20H18O2. The van der Waals surface area contributed by atoms with Crippen LogP contribution in [0.25, 0.3) is 11.1 Å². The van der Waals surface area contributed by atoms with Crippen molar-refractivity contribution >= 4 is 5.97 Å². The summed E-state index contributed by atoms with van der Waals surface area (Å²) in [5.41, 5.74) is 3.76. The maximum absolute atomic E-state index is 12.1. The lowest BCUT2D eigenvalue weighted by Crippen LogP contribution is -2.23. The smallest absolute Gasteiger partial charge is 0.316 e. The molecule has 22 heavy (non-hydrogen) atoms. The lowest BCUT2D eigenvalue weighted by Gasteiger charge is -2.14. The van der Waals surface area contributed by atoms with Gasteiger partial charge in [-0.15, -0.1) is 6.42 Å². The number of terminal acetylenes is 1. The Morgan fingerprint density at radius 1 is 1.09 bits per heavy atom. The van der Waals surface area contributed by atoms with Crippen LogP contribution in [0.1, 0.15) is 30.9 Å². The highest BCUT2D eigenvalue weighted by Gasteiger charge is 2.52. The fraction of sp³-hybridized carbons (Fsp3) is 0.250. The van der Waals surface area contributed by atoms with Crippen molar-refractivity contribution in [3.8, 4) is 23.5 Å². The molecule has 0 saturated heterocycles. The van der Waals surface area contributed by atoms with Gasteiger partial charge in [0.05, 0.1) is 12.0 Å². The highest BCUT2D eigenvalue weighted by atomic mass is 16.5. The van der Waals surface area contributed by atoms with Crippen LogP contribution in [0, 0.1) is 12.3 Å². The maximum atomic E-state index is 12.1. The van der Waals surface area contributed by atoms with Gasteiger partial charge >= 0.3 is 5.97 Å². The second-order valence-electron chi connectivity index (χ2n) is 5.60. The Morgan fingerprint density at radius 2 is 1.64 bits per heavy atom. The summed E-state index contributed by atoms with van der Waals surface area (Å²) in [5, 5.41) is 0. The molecule has 0 bridgehead atoms. The van der Waals surface area contributed by atoms with E-state index in [2.05, 4.69) is 18.1 Å². The van der Waals surface area contributed by atoms with Gasteiger partial charge in [0.2, 0.25) is 0 Å². The van der Waals surface area contributed by atoms with Gasteiger partial charge < -0.3 is 4.74 Å². The van der Waals surface area contributed by atoms with Crippen molar-refractivity contribution in [1.82, 2.24) is 0 Å². The molecular weight excluding hydrogens is 272 g/mol. The third kappa shape index (κ3) is 2.51. The number of carbonyl (C=O) groups is 1. The van der Waals surface area contributed by atoms with E-state index < -0.39 is 5.41 Å². The van der Waals surface area contributed by atoms with Gasteiger partial charge in [0.25, 0.3) is 0 Å². The molecule has 0 unspecified atom stereocenters. The Labute approximate surface area is 131 Å². The fourth-order valence-electron chi connectivity index (χ4n) is 2.75. The van der Waals surface area contributed by atoms with Crippen LogP contribution in [-0.4, -0.2) is 12.6 Å². The van der Waals surface area contributed by atoms with Crippen LogP contribution in [0.5, 0.6) is 0 Å². The normalized spacial score (nSPS) is 14.9. The summed E-state index contributed by atoms with van der Waals surface area (Å²) in [7, 11) is 0. The average molecular weight is 290 g/mol. The van der Waals surface area contributed by atoms with Gasteiger partial charge in [0.1, 0.15) is 0 Å². The Bertz CT molecular complexity index is 714. The first-order chi connectivity index (χ1) is 10.7. The fourth-order valence-corrected chi connectivity index (χ4v) is 2.75. The number of rotatable bonds is 4. The van der Waals surface area contributed by atoms with Crippen molar-refractivity contribution < 1.29 is 9.53 Å². The van der Waals surface area contributed by atoms with Crippen molar-refractivity contribution in [2.75, 3.05) is 6.61 Å². The standard InChI is InChI=1S/C20H18O2/c1-3-15-5-7-16(8-6-15)17-9-11-18(12-10-17)20(13-14-20)19(21)22-4-2/h1,5-12H,4,13-14H2,2H3. The van der Waals surface area contributed by atoms with Gasteiger partial charge in [-0.05, 0) is 48.6 Å². The topological polar surface area (TPSA) is 26.3 Å². The van der Waals surface area contributed by atoms with Crippen LogP contribution < -0.4 is 0 Å². The second kappa shape index (κ2) is 5.69. The van der Waals surface area contributed by atoms with E-state index in [0.29, 0.717) is 6.61 Å². The zero-order valence-electron chi connectivity index (χ0n) is 12.6. The molecule has 2 nitrogen and oxygen atoms in total. The summed E-state index contributed by atoms with van der Waals surface area (Å²) in [4.78, 5) is 12.1. The van der Waals surface area contributed by atoms with E-state index in [4.69, 9.17) is 11.2 Å². The third-order valence-electron chi connectivity index (χ3n) is 4.24. The summed E-state index contributed by atoms with van der Waals surface area (Å²) in [6, 6.07) is 16.1. The summed E-state index contributed by atoms with van der Waals surface area (Å²) in [6.07, 6.45) is 7.13. The van der Waals surface area contributed by atoms with Crippen LogP contribution >= 0.6 is 0 Å². The minimum absolute atomic E-state index is 0.0962. The molecule has 0 N–H and O–H groups in total. The Kier molecular flexibility index (Phi) is 3.73. The Morgan fingerprint density at radius 3 is 2.09 bits per heavy atom. The summed E-state index contributed by atoms with van der Waals surface area (Å²) in [6.45, 7) is 2.27. The first kappa shape index (κ1) is 14.4. The highest BCUT2D eigenvalue weighted by Crippen LogP contribution is 2.49. The third-order valence-corrected chi connectivity index (χ3v) is 4.24.